The lowest BCUT2D eigenvalue weighted by Crippen LogP contribution is -2.23. The van der Waals surface area contributed by atoms with Gasteiger partial charge >= 0.3 is 0 Å². The van der Waals surface area contributed by atoms with Crippen molar-refractivity contribution in [1.82, 2.24) is 0 Å². The first-order valence-electron chi connectivity index (χ1n) is 7.03. The van der Waals surface area contributed by atoms with Crippen LogP contribution >= 0.6 is 27.7 Å². The third-order valence-corrected chi connectivity index (χ3v) is 6.93. The van der Waals surface area contributed by atoms with Gasteiger partial charge in [-0.15, -0.1) is 11.8 Å². The molecule has 0 saturated carbocycles. The highest BCUT2D eigenvalue weighted by Crippen LogP contribution is 2.36. The highest BCUT2D eigenvalue weighted by molar-refractivity contribution is 9.09. The fraction of sp³-hybridized carbons (Fsp3) is 0.625. The van der Waals surface area contributed by atoms with Crippen molar-refractivity contribution in [3.8, 4) is 0 Å². The molecule has 0 spiro atoms. The molecule has 0 nitrogen and oxygen atoms in total. The molecule has 0 amide bonds. The summed E-state index contributed by atoms with van der Waals surface area (Å²) in [6, 6.07) is 7.09. The molecule has 0 bridgehead atoms. The summed E-state index contributed by atoms with van der Waals surface area (Å²) < 4.78 is 0. The summed E-state index contributed by atoms with van der Waals surface area (Å²) in [5, 5.41) is 1.12. The van der Waals surface area contributed by atoms with Gasteiger partial charge in [-0.25, -0.2) is 0 Å². The topological polar surface area (TPSA) is 0 Å². The van der Waals surface area contributed by atoms with Gasteiger partial charge in [0.15, 0.2) is 0 Å². The highest BCUT2D eigenvalue weighted by atomic mass is 79.9. The average molecular weight is 327 g/mol. The summed E-state index contributed by atoms with van der Waals surface area (Å²) in [5.74, 6) is 1.23. The Bertz CT molecular complexity index is 388. The van der Waals surface area contributed by atoms with Crippen molar-refractivity contribution in [2.75, 3.05) is 11.1 Å². The minimum Gasteiger partial charge on any atom is -0.126 e. The summed E-state index contributed by atoms with van der Waals surface area (Å²) in [4.78, 5) is 1.46. The molecule has 0 N–H and O–H groups in total. The lowest BCUT2D eigenvalue weighted by atomic mass is 9.87. The van der Waals surface area contributed by atoms with Gasteiger partial charge in [-0.1, -0.05) is 35.8 Å². The molecular weight excluding hydrogens is 304 g/mol. The number of rotatable bonds is 6. The number of hydrogen-bond acceptors (Lipinski definition) is 1. The van der Waals surface area contributed by atoms with Crippen LogP contribution in [0.15, 0.2) is 23.1 Å². The third-order valence-electron chi connectivity index (χ3n) is 4.40. The molecular formula is C16H23BrS. The van der Waals surface area contributed by atoms with Crippen molar-refractivity contribution in [2.24, 2.45) is 5.41 Å². The van der Waals surface area contributed by atoms with E-state index < -0.39 is 0 Å². The van der Waals surface area contributed by atoms with Gasteiger partial charge in [0.05, 0.1) is 0 Å². The second-order valence-electron chi connectivity index (χ2n) is 5.41. The van der Waals surface area contributed by atoms with E-state index in [1.807, 2.05) is 11.8 Å². The first-order valence-corrected chi connectivity index (χ1v) is 9.14. The number of thioether (sulfide) groups is 1. The molecule has 2 heteroatoms. The maximum absolute atomic E-state index is 3.70. The fourth-order valence-electron chi connectivity index (χ4n) is 2.56. The monoisotopic (exact) mass is 326 g/mol. The second kappa shape index (κ2) is 6.47. The Morgan fingerprint density at radius 1 is 1.17 bits per heavy atom. The summed E-state index contributed by atoms with van der Waals surface area (Å²) in [6.07, 6.45) is 6.43. The Morgan fingerprint density at radius 3 is 2.56 bits per heavy atom. The largest absolute Gasteiger partial charge is 0.126 e. The maximum Gasteiger partial charge on any atom is 0.00957 e. The molecule has 1 aromatic rings. The van der Waals surface area contributed by atoms with Crippen LogP contribution in [0, 0.1) is 5.41 Å². The zero-order valence-corrected chi connectivity index (χ0v) is 13.9. The number of alkyl halides is 1. The van der Waals surface area contributed by atoms with Crippen LogP contribution in [0.1, 0.15) is 44.2 Å². The van der Waals surface area contributed by atoms with Crippen LogP contribution in [-0.2, 0) is 12.8 Å². The molecule has 0 aromatic heterocycles. The lowest BCUT2D eigenvalue weighted by molar-refractivity contribution is 0.359. The van der Waals surface area contributed by atoms with Crippen molar-refractivity contribution >= 4 is 27.7 Å². The molecule has 0 aliphatic heterocycles. The number of aryl methyl sites for hydroxylation is 2. The van der Waals surface area contributed by atoms with Crippen LogP contribution in [0.4, 0.5) is 0 Å². The van der Waals surface area contributed by atoms with E-state index in [1.165, 1.54) is 42.8 Å². The van der Waals surface area contributed by atoms with Crippen LogP contribution in [0.3, 0.4) is 0 Å². The van der Waals surface area contributed by atoms with Crippen LogP contribution < -0.4 is 0 Å². The predicted octanol–water partition coefficient (Wildman–Crippen LogP) is 5.47. The summed E-state index contributed by atoms with van der Waals surface area (Å²) in [6.45, 7) is 4.63. The first kappa shape index (κ1) is 14.5. The Kier molecular flexibility index (Phi) is 5.20. The molecule has 0 saturated heterocycles. The number of halogens is 1. The SMILES string of the molecule is CCC(CC)(CBr)CSc1ccc2c(c1)CCC2. The molecule has 0 heterocycles. The Balaban J connectivity index is 2.01. The Labute approximate surface area is 124 Å². The molecule has 1 aromatic carbocycles. The van der Waals surface area contributed by atoms with Gasteiger partial charge in [0.2, 0.25) is 0 Å². The second-order valence-corrected chi connectivity index (χ2v) is 7.02. The van der Waals surface area contributed by atoms with E-state index in [0.29, 0.717) is 5.41 Å². The quantitative estimate of drug-likeness (QED) is 0.493. The van der Waals surface area contributed by atoms with E-state index >= 15 is 0 Å². The predicted molar refractivity (Wildman–Crippen MR) is 86.0 cm³/mol. The van der Waals surface area contributed by atoms with Gasteiger partial charge in [-0.3, -0.25) is 0 Å². The zero-order chi connectivity index (χ0) is 13.0. The molecule has 18 heavy (non-hydrogen) atoms. The molecule has 0 unspecified atom stereocenters. The van der Waals surface area contributed by atoms with Crippen molar-refractivity contribution < 1.29 is 0 Å². The van der Waals surface area contributed by atoms with Gasteiger partial charge in [-0.2, -0.15) is 0 Å². The third kappa shape index (κ3) is 3.14. The summed E-state index contributed by atoms with van der Waals surface area (Å²) >= 11 is 5.74. The van der Waals surface area contributed by atoms with Crippen molar-refractivity contribution in [1.29, 1.82) is 0 Å². The molecule has 0 atom stereocenters. The van der Waals surface area contributed by atoms with Gasteiger partial charge < -0.3 is 0 Å². The molecule has 2 rings (SSSR count). The normalized spacial score (nSPS) is 14.8. The van der Waals surface area contributed by atoms with Gasteiger partial charge in [0.25, 0.3) is 0 Å². The summed E-state index contributed by atoms with van der Waals surface area (Å²) in [7, 11) is 0. The van der Waals surface area contributed by atoms with Gasteiger partial charge in [0.1, 0.15) is 0 Å². The van der Waals surface area contributed by atoms with E-state index in [2.05, 4.69) is 48.0 Å². The van der Waals surface area contributed by atoms with Crippen LogP contribution in [0.25, 0.3) is 0 Å². The average Bonchev–Trinajstić information content (AvgIpc) is 2.88. The molecule has 1 aliphatic rings. The molecule has 0 fully saturated rings. The smallest absolute Gasteiger partial charge is 0.00957 e. The van der Waals surface area contributed by atoms with Crippen LogP contribution in [0.5, 0.6) is 0 Å². The van der Waals surface area contributed by atoms with Gasteiger partial charge in [0, 0.05) is 16.0 Å². The van der Waals surface area contributed by atoms with Crippen molar-refractivity contribution in [3.63, 3.8) is 0 Å². The van der Waals surface area contributed by atoms with E-state index in [-0.39, 0.29) is 0 Å². The van der Waals surface area contributed by atoms with Crippen LogP contribution in [-0.4, -0.2) is 11.1 Å². The van der Waals surface area contributed by atoms with E-state index in [9.17, 15) is 0 Å². The highest BCUT2D eigenvalue weighted by Gasteiger charge is 2.25. The van der Waals surface area contributed by atoms with Crippen molar-refractivity contribution in [3.05, 3.63) is 29.3 Å². The molecule has 0 radical (unpaired) electrons. The minimum absolute atomic E-state index is 0.462. The lowest BCUT2D eigenvalue weighted by Gasteiger charge is -2.29. The zero-order valence-electron chi connectivity index (χ0n) is 11.5. The van der Waals surface area contributed by atoms with E-state index in [4.69, 9.17) is 0 Å². The maximum atomic E-state index is 3.70. The molecule has 100 valence electrons. The minimum atomic E-state index is 0.462. The van der Waals surface area contributed by atoms with E-state index in [1.54, 1.807) is 11.1 Å². The number of hydrogen-bond donors (Lipinski definition) is 0. The fourth-order valence-corrected chi connectivity index (χ4v) is 5.18. The van der Waals surface area contributed by atoms with Crippen molar-refractivity contribution in [2.45, 2.75) is 50.8 Å². The van der Waals surface area contributed by atoms with Crippen LogP contribution in [0.2, 0.25) is 0 Å². The molecule has 1 aliphatic carbocycles. The van der Waals surface area contributed by atoms with E-state index in [0.717, 1.165) is 5.33 Å². The Hall–Kier alpha value is 0.0500. The summed E-state index contributed by atoms with van der Waals surface area (Å²) in [5.41, 5.74) is 3.64. The number of benzene rings is 1. The van der Waals surface area contributed by atoms with Gasteiger partial charge in [-0.05, 0) is 60.8 Å². The standard InChI is InChI=1S/C16H23BrS/c1-3-16(4-2,11-17)12-18-15-9-8-13-6-5-7-14(13)10-15/h8-10H,3-7,11-12H2,1-2H3. The Morgan fingerprint density at radius 2 is 1.89 bits per heavy atom. The number of fused-ring (bicyclic) bond motifs is 1. The first-order chi connectivity index (χ1) is 8.73.